The summed E-state index contributed by atoms with van der Waals surface area (Å²) in [4.78, 5) is 52.9. The van der Waals surface area contributed by atoms with Crippen molar-refractivity contribution in [2.45, 2.75) is 37.8 Å². The molecule has 2 aromatic heterocycles. The Morgan fingerprint density at radius 2 is 2.18 bits per heavy atom. The second kappa shape index (κ2) is 11.7. The number of aromatic amines is 1. The normalized spacial score (nSPS) is 21.8. The van der Waals surface area contributed by atoms with Gasteiger partial charge in [0.25, 0.3) is 5.91 Å². The summed E-state index contributed by atoms with van der Waals surface area (Å²) in [6, 6.07) is 10.2. The van der Waals surface area contributed by atoms with E-state index in [0.29, 0.717) is 43.8 Å². The molecule has 0 aliphatic carbocycles. The molecule has 0 bridgehead atoms. The maximum Gasteiger partial charge on any atom is 0.270 e. The fraction of sp³-hybridized carbons (Fsp3) is 0.414. The largest absolute Gasteiger partial charge is 0.496 e. The topological polar surface area (TPSA) is 129 Å². The van der Waals surface area contributed by atoms with E-state index < -0.39 is 12.1 Å². The Morgan fingerprint density at radius 3 is 2.90 bits per heavy atom. The lowest BCUT2D eigenvalue weighted by Crippen LogP contribution is -2.50. The number of fused-ring (bicyclic) bond motifs is 1. The highest BCUT2D eigenvalue weighted by molar-refractivity contribution is 6.02. The Labute approximate surface area is 227 Å². The van der Waals surface area contributed by atoms with Gasteiger partial charge in [0.1, 0.15) is 17.5 Å². The molecular formula is C29H34N6O4. The van der Waals surface area contributed by atoms with Crippen molar-refractivity contribution in [1.82, 2.24) is 25.5 Å². The van der Waals surface area contributed by atoms with E-state index >= 15 is 0 Å². The monoisotopic (exact) mass is 530 g/mol. The number of methoxy groups -OCH3 is 1. The number of aliphatic imine (C=N–C) groups is 1. The van der Waals surface area contributed by atoms with Gasteiger partial charge in [-0.2, -0.15) is 0 Å². The zero-order valence-electron chi connectivity index (χ0n) is 22.2. The molecule has 0 saturated carbocycles. The smallest absolute Gasteiger partial charge is 0.270 e. The van der Waals surface area contributed by atoms with Gasteiger partial charge in [0.05, 0.1) is 13.2 Å². The minimum Gasteiger partial charge on any atom is -0.496 e. The summed E-state index contributed by atoms with van der Waals surface area (Å²) in [7, 11) is 3.24. The van der Waals surface area contributed by atoms with Crippen molar-refractivity contribution in [1.29, 1.82) is 0 Å². The zero-order valence-corrected chi connectivity index (χ0v) is 22.2. The number of benzene rings is 1. The average Bonchev–Trinajstić information content (AvgIpc) is 3.67. The molecule has 2 aliphatic heterocycles. The van der Waals surface area contributed by atoms with Crippen molar-refractivity contribution in [2.75, 3.05) is 27.2 Å². The number of carbonyl (C=O) groups excluding carboxylic acids is 3. The molecule has 4 heterocycles. The van der Waals surface area contributed by atoms with Gasteiger partial charge in [-0.15, -0.1) is 0 Å². The number of nitrogens with zero attached hydrogens (tertiary/aromatic N) is 3. The zero-order chi connectivity index (χ0) is 27.4. The number of pyridine rings is 1. The minimum absolute atomic E-state index is 0.00203. The number of amides is 3. The Hall–Kier alpha value is -4.21. The van der Waals surface area contributed by atoms with Gasteiger partial charge in [0.2, 0.25) is 11.8 Å². The minimum atomic E-state index is -0.655. The predicted molar refractivity (Wildman–Crippen MR) is 148 cm³/mol. The van der Waals surface area contributed by atoms with Gasteiger partial charge >= 0.3 is 0 Å². The van der Waals surface area contributed by atoms with E-state index in [1.54, 1.807) is 37.5 Å². The molecule has 2 fully saturated rings. The van der Waals surface area contributed by atoms with E-state index in [4.69, 9.17) is 4.74 Å². The number of nitrogens with one attached hydrogen (secondary N) is 3. The van der Waals surface area contributed by atoms with Crippen molar-refractivity contribution in [3.8, 4) is 5.75 Å². The van der Waals surface area contributed by atoms with E-state index in [0.717, 1.165) is 22.9 Å². The van der Waals surface area contributed by atoms with E-state index in [2.05, 4.69) is 25.6 Å². The molecule has 3 aromatic rings. The van der Waals surface area contributed by atoms with Crippen LogP contribution in [0.2, 0.25) is 0 Å². The third-order valence-electron chi connectivity index (χ3n) is 7.63. The first-order chi connectivity index (χ1) is 19.0. The van der Waals surface area contributed by atoms with Crippen LogP contribution in [0.4, 0.5) is 0 Å². The Balaban J connectivity index is 1.38. The summed E-state index contributed by atoms with van der Waals surface area (Å²) in [5.74, 6) is 0.112. The summed E-state index contributed by atoms with van der Waals surface area (Å²) in [5.41, 5.74) is 2.26. The Morgan fingerprint density at radius 1 is 1.31 bits per heavy atom. The SMILES string of the molecule is CN=C[C@H](C[C@@H]1CCNC1=O)NC(=O)[C@@H]1C[C@@H](Cc2cccnc2)CN1C(=O)c1cc2c(OC)cccc2[nH]1. The van der Waals surface area contributed by atoms with Crippen LogP contribution in [0.15, 0.2) is 53.8 Å². The maximum atomic E-state index is 13.8. The molecule has 0 spiro atoms. The summed E-state index contributed by atoms with van der Waals surface area (Å²) in [6.07, 6.45) is 7.66. The molecule has 1 aromatic carbocycles. The maximum absolute atomic E-state index is 13.8. The number of ether oxygens (including phenoxy) is 1. The molecule has 10 heteroatoms. The van der Waals surface area contributed by atoms with Crippen LogP contribution in [-0.4, -0.2) is 78.1 Å². The van der Waals surface area contributed by atoms with Crippen LogP contribution >= 0.6 is 0 Å². The molecule has 5 rings (SSSR count). The summed E-state index contributed by atoms with van der Waals surface area (Å²) in [6.45, 7) is 1.08. The van der Waals surface area contributed by atoms with Crippen molar-refractivity contribution < 1.29 is 19.1 Å². The van der Waals surface area contributed by atoms with Gasteiger partial charge in [0, 0.05) is 55.6 Å². The van der Waals surface area contributed by atoms with Crippen LogP contribution in [0.1, 0.15) is 35.3 Å². The van der Waals surface area contributed by atoms with Crippen molar-refractivity contribution in [2.24, 2.45) is 16.8 Å². The predicted octanol–water partition coefficient (Wildman–Crippen LogP) is 2.36. The van der Waals surface area contributed by atoms with Crippen LogP contribution in [0.25, 0.3) is 10.9 Å². The number of aromatic nitrogens is 2. The second-order valence-electron chi connectivity index (χ2n) is 10.3. The fourth-order valence-corrected chi connectivity index (χ4v) is 5.76. The van der Waals surface area contributed by atoms with Gasteiger partial charge in [-0.05, 0) is 61.4 Å². The van der Waals surface area contributed by atoms with Crippen LogP contribution in [0, 0.1) is 11.8 Å². The fourth-order valence-electron chi connectivity index (χ4n) is 5.76. The first-order valence-corrected chi connectivity index (χ1v) is 13.3. The Kier molecular flexibility index (Phi) is 7.90. The lowest BCUT2D eigenvalue weighted by atomic mass is 9.96. The quantitative estimate of drug-likeness (QED) is 0.366. The molecule has 204 valence electrons. The molecular weight excluding hydrogens is 496 g/mol. The molecule has 39 heavy (non-hydrogen) atoms. The highest BCUT2D eigenvalue weighted by Crippen LogP contribution is 2.31. The molecule has 3 N–H and O–H groups in total. The molecule has 3 amide bonds. The van der Waals surface area contributed by atoms with E-state index in [9.17, 15) is 14.4 Å². The third kappa shape index (κ3) is 5.79. The van der Waals surface area contributed by atoms with Crippen LogP contribution in [0.3, 0.4) is 0 Å². The van der Waals surface area contributed by atoms with Gasteiger partial charge in [0.15, 0.2) is 0 Å². The summed E-state index contributed by atoms with van der Waals surface area (Å²) < 4.78 is 5.46. The van der Waals surface area contributed by atoms with E-state index in [-0.39, 0.29) is 29.6 Å². The molecule has 4 atom stereocenters. The summed E-state index contributed by atoms with van der Waals surface area (Å²) in [5, 5.41) is 6.73. The Bertz CT molecular complexity index is 1370. The van der Waals surface area contributed by atoms with Crippen LogP contribution < -0.4 is 15.4 Å². The van der Waals surface area contributed by atoms with Gasteiger partial charge < -0.3 is 25.3 Å². The van der Waals surface area contributed by atoms with Crippen LogP contribution in [0.5, 0.6) is 5.75 Å². The summed E-state index contributed by atoms with van der Waals surface area (Å²) >= 11 is 0. The highest BCUT2D eigenvalue weighted by atomic mass is 16.5. The van der Waals surface area contributed by atoms with Crippen molar-refractivity contribution >= 4 is 34.8 Å². The first kappa shape index (κ1) is 26.4. The number of rotatable bonds is 9. The number of hydrogen-bond acceptors (Lipinski definition) is 6. The van der Waals surface area contributed by atoms with Gasteiger partial charge in [-0.1, -0.05) is 12.1 Å². The number of carbonyl (C=O) groups is 3. The van der Waals surface area contributed by atoms with Crippen LogP contribution in [-0.2, 0) is 16.0 Å². The number of H-pyrrole nitrogens is 1. The van der Waals surface area contributed by atoms with E-state index in [1.165, 1.54) is 0 Å². The second-order valence-corrected chi connectivity index (χ2v) is 10.3. The average molecular weight is 531 g/mol. The first-order valence-electron chi connectivity index (χ1n) is 13.3. The number of likely N-dealkylation sites (tertiary alicyclic amines) is 1. The third-order valence-corrected chi connectivity index (χ3v) is 7.63. The molecule has 10 nitrogen and oxygen atoms in total. The van der Waals surface area contributed by atoms with Crippen molar-refractivity contribution in [3.63, 3.8) is 0 Å². The molecule has 2 saturated heterocycles. The highest BCUT2D eigenvalue weighted by Gasteiger charge is 2.41. The lowest BCUT2D eigenvalue weighted by molar-refractivity contribution is -0.126. The van der Waals surface area contributed by atoms with Gasteiger partial charge in [-0.25, -0.2) is 0 Å². The van der Waals surface area contributed by atoms with Gasteiger partial charge in [-0.3, -0.25) is 24.4 Å². The molecule has 0 radical (unpaired) electrons. The lowest BCUT2D eigenvalue weighted by Gasteiger charge is -2.26. The number of hydrogen-bond donors (Lipinski definition) is 3. The van der Waals surface area contributed by atoms with Crippen molar-refractivity contribution in [3.05, 3.63) is 60.0 Å². The molecule has 2 aliphatic rings. The van der Waals surface area contributed by atoms with E-state index in [1.807, 2.05) is 36.5 Å². The standard InChI is InChI=1S/C29H34N6O4/c1-30-16-21(13-20-8-10-32-27(20)36)33-28(37)25-12-19(11-18-5-4-9-31-15-18)17-35(25)29(38)24-14-22-23(34-24)6-3-7-26(22)39-2/h3-7,9,14-16,19-21,25,34H,8,10-13,17H2,1-2H3,(H,32,36)(H,33,37)/t19-,20+,21+,25+/m1/s1. The molecule has 0 unspecified atom stereocenters.